The predicted molar refractivity (Wildman–Crippen MR) is 77.1 cm³/mol. The van der Waals surface area contributed by atoms with Gasteiger partial charge in [-0.1, -0.05) is 42.8 Å². The molecule has 0 aliphatic heterocycles. The highest BCUT2D eigenvalue weighted by Crippen LogP contribution is 2.32. The van der Waals surface area contributed by atoms with Gasteiger partial charge in [0.1, 0.15) is 0 Å². The zero-order valence-electron chi connectivity index (χ0n) is 10.8. The van der Waals surface area contributed by atoms with Gasteiger partial charge < -0.3 is 5.11 Å². The van der Waals surface area contributed by atoms with Gasteiger partial charge in [0.2, 0.25) is 0 Å². The van der Waals surface area contributed by atoms with Crippen molar-refractivity contribution in [2.24, 2.45) is 0 Å². The second kappa shape index (κ2) is 5.77. The van der Waals surface area contributed by atoms with Crippen molar-refractivity contribution < 1.29 is 9.90 Å². The van der Waals surface area contributed by atoms with E-state index in [9.17, 15) is 9.90 Å². The molecule has 2 aromatic rings. The Bertz CT molecular complexity index is 704. The number of benzene rings is 2. The molecule has 0 aliphatic carbocycles. The minimum absolute atomic E-state index is 0.164. The SMILES string of the molecule is CC(c1ccc(C#N)cc1Cl)c1ccccc1C(=O)O. The molecule has 0 bridgehead atoms. The Morgan fingerprint density at radius 3 is 2.55 bits per heavy atom. The van der Waals surface area contributed by atoms with Gasteiger partial charge in [-0.05, 0) is 29.3 Å². The number of nitrogens with zero attached hydrogens (tertiary/aromatic N) is 1. The first-order valence-corrected chi connectivity index (χ1v) is 6.44. The highest BCUT2D eigenvalue weighted by atomic mass is 35.5. The Balaban J connectivity index is 2.50. The third kappa shape index (κ3) is 2.66. The van der Waals surface area contributed by atoms with Gasteiger partial charge in [-0.2, -0.15) is 5.26 Å². The summed E-state index contributed by atoms with van der Waals surface area (Å²) in [5.74, 6) is -1.13. The number of nitriles is 1. The van der Waals surface area contributed by atoms with Crippen molar-refractivity contribution in [3.05, 3.63) is 69.7 Å². The number of carboxylic acid groups (broad SMARTS) is 1. The van der Waals surface area contributed by atoms with Crippen LogP contribution in [-0.4, -0.2) is 11.1 Å². The van der Waals surface area contributed by atoms with E-state index in [1.807, 2.05) is 13.0 Å². The molecule has 3 nitrogen and oxygen atoms in total. The smallest absolute Gasteiger partial charge is 0.335 e. The summed E-state index contributed by atoms with van der Waals surface area (Å²) in [7, 11) is 0. The molecule has 0 saturated carbocycles. The van der Waals surface area contributed by atoms with Crippen molar-refractivity contribution in [1.29, 1.82) is 5.26 Å². The molecule has 0 aliphatic rings. The van der Waals surface area contributed by atoms with Gasteiger partial charge in [0.25, 0.3) is 0 Å². The van der Waals surface area contributed by atoms with Crippen molar-refractivity contribution >= 4 is 17.6 Å². The minimum Gasteiger partial charge on any atom is -0.478 e. The maximum Gasteiger partial charge on any atom is 0.335 e. The maximum absolute atomic E-state index is 11.3. The van der Waals surface area contributed by atoms with Gasteiger partial charge in [0, 0.05) is 10.9 Å². The van der Waals surface area contributed by atoms with E-state index in [0.29, 0.717) is 16.1 Å². The van der Waals surface area contributed by atoms with E-state index in [1.165, 1.54) is 0 Å². The van der Waals surface area contributed by atoms with E-state index in [4.69, 9.17) is 16.9 Å². The zero-order valence-corrected chi connectivity index (χ0v) is 11.6. The van der Waals surface area contributed by atoms with E-state index in [0.717, 1.165) is 5.56 Å². The molecule has 0 amide bonds. The Morgan fingerprint density at radius 1 is 1.25 bits per heavy atom. The van der Waals surface area contributed by atoms with Crippen molar-refractivity contribution in [2.75, 3.05) is 0 Å². The number of halogens is 1. The standard InChI is InChI=1S/C16H12ClNO2/c1-10(12-4-2-3-5-14(12)16(19)20)13-7-6-11(9-18)8-15(13)17/h2-8,10H,1H3,(H,19,20). The van der Waals surface area contributed by atoms with Gasteiger partial charge in [0.15, 0.2) is 0 Å². The molecule has 4 heteroatoms. The lowest BCUT2D eigenvalue weighted by Crippen LogP contribution is -2.06. The molecule has 20 heavy (non-hydrogen) atoms. The quantitative estimate of drug-likeness (QED) is 0.925. The van der Waals surface area contributed by atoms with E-state index >= 15 is 0 Å². The Hall–Kier alpha value is -2.31. The van der Waals surface area contributed by atoms with Gasteiger partial charge in [0.05, 0.1) is 17.2 Å². The molecule has 0 saturated heterocycles. The molecule has 1 unspecified atom stereocenters. The summed E-state index contributed by atoms with van der Waals surface area (Å²) in [6, 6.07) is 13.9. The van der Waals surface area contributed by atoms with Crippen LogP contribution in [0, 0.1) is 11.3 Å². The van der Waals surface area contributed by atoms with Crippen LogP contribution in [0.3, 0.4) is 0 Å². The number of hydrogen-bond donors (Lipinski definition) is 1. The average Bonchev–Trinajstić information content (AvgIpc) is 2.46. The minimum atomic E-state index is -0.961. The summed E-state index contributed by atoms with van der Waals surface area (Å²) in [5.41, 5.74) is 2.25. The Morgan fingerprint density at radius 2 is 1.95 bits per heavy atom. The van der Waals surface area contributed by atoms with Crippen LogP contribution in [0.25, 0.3) is 0 Å². The summed E-state index contributed by atoms with van der Waals surface area (Å²) >= 11 is 6.19. The fourth-order valence-corrected chi connectivity index (χ4v) is 2.53. The lowest BCUT2D eigenvalue weighted by atomic mass is 9.89. The first-order chi connectivity index (χ1) is 9.54. The first kappa shape index (κ1) is 14.1. The normalized spacial score (nSPS) is 11.7. The van der Waals surface area contributed by atoms with Gasteiger partial charge in [-0.3, -0.25) is 0 Å². The zero-order chi connectivity index (χ0) is 14.7. The van der Waals surface area contributed by atoms with Gasteiger partial charge >= 0.3 is 5.97 Å². The molecule has 2 aromatic carbocycles. The summed E-state index contributed by atoms with van der Waals surface area (Å²) in [6.07, 6.45) is 0. The number of carbonyl (C=O) groups is 1. The second-order valence-corrected chi connectivity index (χ2v) is 4.87. The molecule has 0 heterocycles. The van der Waals surface area contributed by atoms with Crippen molar-refractivity contribution in [1.82, 2.24) is 0 Å². The number of rotatable bonds is 3. The molecule has 0 aromatic heterocycles. The Kier molecular flexibility index (Phi) is 4.07. The van der Waals surface area contributed by atoms with Crippen LogP contribution in [0.2, 0.25) is 5.02 Å². The van der Waals surface area contributed by atoms with Gasteiger partial charge in [-0.25, -0.2) is 4.79 Å². The van der Waals surface area contributed by atoms with Gasteiger partial charge in [-0.15, -0.1) is 0 Å². The molecule has 1 atom stereocenters. The van der Waals surface area contributed by atoms with Crippen molar-refractivity contribution in [3.8, 4) is 6.07 Å². The molecule has 2 rings (SSSR count). The van der Waals surface area contributed by atoms with E-state index in [-0.39, 0.29) is 11.5 Å². The largest absolute Gasteiger partial charge is 0.478 e. The summed E-state index contributed by atoms with van der Waals surface area (Å²) in [6.45, 7) is 1.90. The van der Waals surface area contributed by atoms with Crippen LogP contribution in [0.1, 0.15) is 39.9 Å². The van der Waals surface area contributed by atoms with E-state index < -0.39 is 5.97 Å². The lowest BCUT2D eigenvalue weighted by molar-refractivity contribution is 0.0695. The molecule has 0 radical (unpaired) electrons. The topological polar surface area (TPSA) is 61.1 Å². The third-order valence-corrected chi connectivity index (χ3v) is 3.58. The monoisotopic (exact) mass is 285 g/mol. The molecule has 0 fully saturated rings. The second-order valence-electron chi connectivity index (χ2n) is 4.46. The molecule has 1 N–H and O–H groups in total. The fraction of sp³-hybridized carbons (Fsp3) is 0.125. The summed E-state index contributed by atoms with van der Waals surface area (Å²) in [4.78, 5) is 11.3. The molecule has 100 valence electrons. The lowest BCUT2D eigenvalue weighted by Gasteiger charge is -2.16. The molecular formula is C16H12ClNO2. The highest BCUT2D eigenvalue weighted by Gasteiger charge is 2.18. The molecular weight excluding hydrogens is 274 g/mol. The third-order valence-electron chi connectivity index (χ3n) is 3.25. The van der Waals surface area contributed by atoms with Crippen LogP contribution in [0.4, 0.5) is 0 Å². The average molecular weight is 286 g/mol. The predicted octanol–water partition coefficient (Wildman–Crippen LogP) is 4.06. The number of aromatic carboxylic acids is 1. The van der Waals surface area contributed by atoms with Crippen LogP contribution in [0.5, 0.6) is 0 Å². The maximum atomic E-state index is 11.3. The van der Waals surface area contributed by atoms with Crippen LogP contribution < -0.4 is 0 Å². The highest BCUT2D eigenvalue weighted by molar-refractivity contribution is 6.31. The van der Waals surface area contributed by atoms with Crippen molar-refractivity contribution in [3.63, 3.8) is 0 Å². The van der Waals surface area contributed by atoms with Crippen molar-refractivity contribution in [2.45, 2.75) is 12.8 Å². The molecule has 0 spiro atoms. The number of hydrogen-bond acceptors (Lipinski definition) is 2. The van der Waals surface area contributed by atoms with Crippen LogP contribution in [-0.2, 0) is 0 Å². The summed E-state index contributed by atoms with van der Waals surface area (Å²) < 4.78 is 0. The van der Waals surface area contributed by atoms with E-state index in [1.54, 1.807) is 42.5 Å². The van der Waals surface area contributed by atoms with Crippen LogP contribution >= 0.6 is 11.6 Å². The van der Waals surface area contributed by atoms with Crippen LogP contribution in [0.15, 0.2) is 42.5 Å². The fourth-order valence-electron chi connectivity index (χ4n) is 2.18. The number of carboxylic acids is 1. The van der Waals surface area contributed by atoms with E-state index in [2.05, 4.69) is 0 Å². The Labute approximate surface area is 122 Å². The summed E-state index contributed by atoms with van der Waals surface area (Å²) in [5, 5.41) is 18.5. The first-order valence-electron chi connectivity index (χ1n) is 6.06.